The van der Waals surface area contributed by atoms with E-state index in [9.17, 15) is 4.79 Å². The van der Waals surface area contributed by atoms with Crippen LogP contribution in [0.15, 0.2) is 78.2 Å². The van der Waals surface area contributed by atoms with Crippen molar-refractivity contribution in [3.05, 3.63) is 94.9 Å². The number of thiazole rings is 1. The van der Waals surface area contributed by atoms with Crippen LogP contribution in [0.4, 0.5) is 5.13 Å². The molecular weight excluding hydrogens is 404 g/mol. The molecule has 154 valence electrons. The first-order chi connectivity index (χ1) is 15.1. The highest BCUT2D eigenvalue weighted by Crippen LogP contribution is 2.44. The summed E-state index contributed by atoms with van der Waals surface area (Å²) < 4.78 is 6.00. The lowest BCUT2D eigenvalue weighted by Crippen LogP contribution is -2.25. The Bertz CT molecular complexity index is 1200. The number of para-hydroxylation sites is 2. The lowest BCUT2D eigenvalue weighted by atomic mass is 9.87. The fourth-order valence-corrected chi connectivity index (χ4v) is 4.60. The van der Waals surface area contributed by atoms with Gasteiger partial charge < -0.3 is 10.1 Å². The Kier molecular flexibility index (Phi) is 5.04. The summed E-state index contributed by atoms with van der Waals surface area (Å²) >= 11 is 1.44. The molecule has 4 nitrogen and oxygen atoms in total. The maximum atomic E-state index is 13.4. The van der Waals surface area contributed by atoms with E-state index in [0.29, 0.717) is 22.5 Å². The fourth-order valence-electron chi connectivity index (χ4n) is 3.87. The first-order valence-corrected chi connectivity index (χ1v) is 11.2. The van der Waals surface area contributed by atoms with E-state index < -0.39 is 5.92 Å². The molecule has 1 N–H and O–H groups in total. The molecule has 0 saturated carbocycles. The number of ether oxygens (including phenoxy) is 1. The van der Waals surface area contributed by atoms with Crippen LogP contribution in [0.2, 0.25) is 0 Å². The van der Waals surface area contributed by atoms with E-state index in [1.165, 1.54) is 16.9 Å². The summed E-state index contributed by atoms with van der Waals surface area (Å²) in [6, 6.07) is 23.8. The monoisotopic (exact) mass is 426 g/mol. The average Bonchev–Trinajstić information content (AvgIpc) is 3.25. The quantitative estimate of drug-likeness (QED) is 0.390. The first-order valence-electron chi connectivity index (χ1n) is 10.3. The van der Waals surface area contributed by atoms with E-state index in [-0.39, 0.29) is 5.91 Å². The maximum absolute atomic E-state index is 13.4. The number of amides is 1. The van der Waals surface area contributed by atoms with E-state index in [2.05, 4.69) is 48.4 Å². The molecule has 5 heteroatoms. The molecule has 3 aromatic carbocycles. The van der Waals surface area contributed by atoms with Gasteiger partial charge in [-0.15, -0.1) is 11.3 Å². The Balaban J connectivity index is 1.41. The number of hydrogen-bond donors (Lipinski definition) is 1. The predicted molar refractivity (Wildman–Crippen MR) is 125 cm³/mol. The Morgan fingerprint density at radius 2 is 1.55 bits per heavy atom. The smallest absolute Gasteiger partial charge is 0.238 e. The highest BCUT2D eigenvalue weighted by atomic mass is 32.1. The topological polar surface area (TPSA) is 51.2 Å². The third kappa shape index (κ3) is 3.73. The van der Waals surface area contributed by atoms with Crippen LogP contribution in [0.5, 0.6) is 11.5 Å². The lowest BCUT2D eigenvalue weighted by molar-refractivity contribution is -0.116. The second-order valence-corrected chi connectivity index (χ2v) is 8.77. The van der Waals surface area contributed by atoms with Gasteiger partial charge in [-0.25, -0.2) is 4.98 Å². The standard InChI is InChI=1S/C26H22N2O2S/c1-16(2)17-11-13-18(14-12-17)21-15-31-26(27-21)28-25(29)24-19-7-3-5-9-22(19)30-23-10-6-4-8-20(23)24/h3-16,24H,1-2H3,(H,27,28,29). The number of nitrogens with one attached hydrogen (secondary N) is 1. The molecule has 1 amide bonds. The van der Waals surface area contributed by atoms with Gasteiger partial charge in [-0.3, -0.25) is 4.79 Å². The summed E-state index contributed by atoms with van der Waals surface area (Å²) in [7, 11) is 0. The predicted octanol–water partition coefficient (Wildman–Crippen LogP) is 6.81. The number of fused-ring (bicyclic) bond motifs is 2. The summed E-state index contributed by atoms with van der Waals surface area (Å²) in [6.07, 6.45) is 0. The molecule has 0 saturated heterocycles. The minimum atomic E-state index is -0.446. The third-order valence-electron chi connectivity index (χ3n) is 5.55. The van der Waals surface area contributed by atoms with Crippen LogP contribution in [-0.2, 0) is 4.79 Å². The average molecular weight is 427 g/mol. The van der Waals surface area contributed by atoms with Crippen molar-refractivity contribution < 1.29 is 9.53 Å². The van der Waals surface area contributed by atoms with Crippen LogP contribution in [0, 0.1) is 0 Å². The lowest BCUT2D eigenvalue weighted by Gasteiger charge is -2.27. The molecule has 0 aliphatic carbocycles. The summed E-state index contributed by atoms with van der Waals surface area (Å²) in [4.78, 5) is 18.0. The van der Waals surface area contributed by atoms with Crippen molar-refractivity contribution in [1.82, 2.24) is 4.98 Å². The summed E-state index contributed by atoms with van der Waals surface area (Å²) in [5.41, 5.74) is 4.93. The normalized spacial score (nSPS) is 12.7. The van der Waals surface area contributed by atoms with Crippen LogP contribution >= 0.6 is 11.3 Å². The second-order valence-electron chi connectivity index (χ2n) is 7.91. The Hall–Kier alpha value is -3.44. The van der Waals surface area contributed by atoms with E-state index >= 15 is 0 Å². The molecule has 0 atom stereocenters. The highest BCUT2D eigenvalue weighted by Gasteiger charge is 2.32. The van der Waals surface area contributed by atoms with Crippen molar-refractivity contribution in [2.75, 3.05) is 5.32 Å². The summed E-state index contributed by atoms with van der Waals surface area (Å²) in [5.74, 6) is 1.36. The van der Waals surface area contributed by atoms with Gasteiger partial charge in [0, 0.05) is 22.1 Å². The van der Waals surface area contributed by atoms with Crippen molar-refractivity contribution in [2.24, 2.45) is 0 Å². The van der Waals surface area contributed by atoms with Crippen LogP contribution in [0.1, 0.15) is 42.4 Å². The number of benzene rings is 3. The van der Waals surface area contributed by atoms with Gasteiger partial charge in [0.25, 0.3) is 0 Å². The van der Waals surface area contributed by atoms with Gasteiger partial charge in [0.15, 0.2) is 5.13 Å². The van der Waals surface area contributed by atoms with Crippen LogP contribution in [0.3, 0.4) is 0 Å². The molecule has 1 aromatic heterocycles. The highest BCUT2D eigenvalue weighted by molar-refractivity contribution is 7.14. The molecule has 31 heavy (non-hydrogen) atoms. The molecular formula is C26H22N2O2S. The number of rotatable bonds is 4. The van der Waals surface area contributed by atoms with Crippen LogP contribution in [0.25, 0.3) is 11.3 Å². The number of anilines is 1. The van der Waals surface area contributed by atoms with Crippen LogP contribution in [-0.4, -0.2) is 10.9 Å². The second kappa shape index (κ2) is 8.00. The zero-order valence-corrected chi connectivity index (χ0v) is 18.1. The van der Waals surface area contributed by atoms with Gasteiger partial charge in [-0.1, -0.05) is 74.5 Å². The zero-order chi connectivity index (χ0) is 21.4. The summed E-state index contributed by atoms with van der Waals surface area (Å²) in [6.45, 7) is 4.36. The van der Waals surface area contributed by atoms with E-state index in [0.717, 1.165) is 22.4 Å². The zero-order valence-electron chi connectivity index (χ0n) is 17.3. The van der Waals surface area contributed by atoms with Crippen molar-refractivity contribution in [1.29, 1.82) is 0 Å². The molecule has 5 rings (SSSR count). The van der Waals surface area contributed by atoms with Gasteiger partial charge in [-0.05, 0) is 23.6 Å². The maximum Gasteiger partial charge on any atom is 0.238 e. The molecule has 0 unspecified atom stereocenters. The number of carbonyl (C=O) groups is 1. The van der Waals surface area contributed by atoms with E-state index in [1.54, 1.807) is 0 Å². The molecule has 4 aromatic rings. The first kappa shape index (κ1) is 19.5. The molecule has 0 radical (unpaired) electrons. The number of aromatic nitrogens is 1. The SMILES string of the molecule is CC(C)c1ccc(-c2csc(NC(=O)C3c4ccccc4Oc4ccccc43)n2)cc1. The van der Waals surface area contributed by atoms with Crippen molar-refractivity contribution in [3.8, 4) is 22.8 Å². The Morgan fingerprint density at radius 1 is 0.935 bits per heavy atom. The van der Waals surface area contributed by atoms with Gasteiger partial charge in [0.05, 0.1) is 11.6 Å². The molecule has 0 fully saturated rings. The van der Waals surface area contributed by atoms with Crippen molar-refractivity contribution >= 4 is 22.4 Å². The molecule has 2 heterocycles. The summed E-state index contributed by atoms with van der Waals surface area (Å²) in [5, 5.41) is 5.60. The number of nitrogens with zero attached hydrogens (tertiary/aromatic N) is 1. The molecule has 0 bridgehead atoms. The molecule has 0 spiro atoms. The van der Waals surface area contributed by atoms with Gasteiger partial charge in [0.1, 0.15) is 11.5 Å². The van der Waals surface area contributed by atoms with E-state index in [4.69, 9.17) is 4.74 Å². The minimum absolute atomic E-state index is 0.112. The van der Waals surface area contributed by atoms with E-state index in [1.807, 2.05) is 53.9 Å². The Labute approximate surface area is 185 Å². The largest absolute Gasteiger partial charge is 0.457 e. The third-order valence-corrected chi connectivity index (χ3v) is 6.31. The fraction of sp³-hybridized carbons (Fsp3) is 0.154. The number of hydrogen-bond acceptors (Lipinski definition) is 4. The number of carbonyl (C=O) groups excluding carboxylic acids is 1. The Morgan fingerprint density at radius 3 is 2.16 bits per heavy atom. The van der Waals surface area contributed by atoms with Crippen LogP contribution < -0.4 is 10.1 Å². The minimum Gasteiger partial charge on any atom is -0.457 e. The van der Waals surface area contributed by atoms with Gasteiger partial charge in [-0.2, -0.15) is 0 Å². The molecule has 1 aliphatic rings. The van der Waals surface area contributed by atoms with Gasteiger partial charge in [0.2, 0.25) is 5.91 Å². The van der Waals surface area contributed by atoms with Gasteiger partial charge >= 0.3 is 0 Å². The molecule has 1 aliphatic heterocycles. The van der Waals surface area contributed by atoms with Crippen molar-refractivity contribution in [3.63, 3.8) is 0 Å². The van der Waals surface area contributed by atoms with Crippen molar-refractivity contribution in [2.45, 2.75) is 25.7 Å².